The number of ether oxygens (including phenoxy) is 2. The van der Waals surface area contributed by atoms with Crippen LogP contribution in [-0.2, 0) is 9.47 Å². The summed E-state index contributed by atoms with van der Waals surface area (Å²) in [5, 5.41) is 16.1. The van der Waals surface area contributed by atoms with Crippen LogP contribution >= 0.6 is 11.6 Å². The van der Waals surface area contributed by atoms with Crippen molar-refractivity contribution in [3.63, 3.8) is 0 Å². The van der Waals surface area contributed by atoms with Crippen LogP contribution in [0.25, 0.3) is 0 Å². The molecular weight excluding hydrogens is 270 g/mol. The second-order valence-electron chi connectivity index (χ2n) is 4.11. The van der Waals surface area contributed by atoms with Gasteiger partial charge in [0.1, 0.15) is 5.75 Å². The Hall–Kier alpha value is -1.01. The molecule has 1 aromatic carbocycles. The van der Waals surface area contributed by atoms with Crippen LogP contribution in [0.5, 0.6) is 5.75 Å². The van der Waals surface area contributed by atoms with Crippen LogP contribution in [0.4, 0.5) is 5.69 Å². The third-order valence-electron chi connectivity index (χ3n) is 2.86. The van der Waals surface area contributed by atoms with Gasteiger partial charge in [-0.2, -0.15) is 0 Å². The smallest absolute Gasteiger partial charge is 0.134 e. The molecule has 2 heterocycles. The Morgan fingerprint density at radius 2 is 1.68 bits per heavy atom. The van der Waals surface area contributed by atoms with E-state index in [1.165, 1.54) is 12.1 Å². The third kappa shape index (κ3) is 4.87. The van der Waals surface area contributed by atoms with Crippen molar-refractivity contribution in [3.05, 3.63) is 23.2 Å². The minimum Gasteiger partial charge on any atom is -0.506 e. The summed E-state index contributed by atoms with van der Waals surface area (Å²) < 4.78 is 10.7. The molecule has 4 N–H and O–H groups in total. The predicted molar refractivity (Wildman–Crippen MR) is 74.4 cm³/mol. The van der Waals surface area contributed by atoms with Crippen LogP contribution in [0.15, 0.2) is 18.2 Å². The quantitative estimate of drug-likeness (QED) is 0.501. The zero-order chi connectivity index (χ0) is 14.3. The summed E-state index contributed by atoms with van der Waals surface area (Å²) in [6.45, 7) is 1.82. The molecule has 0 amide bonds. The van der Waals surface area contributed by atoms with Crippen LogP contribution in [0.3, 0.4) is 0 Å². The maximum absolute atomic E-state index is 8.86. The summed E-state index contributed by atoms with van der Waals surface area (Å²) in [5.74, 6) is 0.0610. The van der Waals surface area contributed by atoms with E-state index in [0.29, 0.717) is 17.9 Å². The lowest BCUT2D eigenvalue weighted by molar-refractivity contribution is 0.0732. The van der Waals surface area contributed by atoms with Gasteiger partial charge in [-0.1, -0.05) is 11.6 Å². The summed E-state index contributed by atoms with van der Waals surface area (Å²) in [5.41, 5.74) is 5.89. The number of nitrogen functional groups attached to an aromatic ring is 1. The Kier molecular flexibility index (Phi) is 6.94. The van der Waals surface area contributed by atoms with E-state index >= 15 is 0 Å². The van der Waals surface area contributed by atoms with Gasteiger partial charge < -0.3 is 25.4 Å². The molecule has 0 radical (unpaired) electrons. The number of phenolic OH excluding ortho intramolecular Hbond substituents is 1. The molecule has 1 aromatic rings. The first-order valence-corrected chi connectivity index (χ1v) is 6.46. The number of aliphatic hydroxyl groups is 1. The van der Waals surface area contributed by atoms with Crippen LogP contribution in [0, 0.1) is 0 Å². The fourth-order valence-corrected chi connectivity index (χ4v) is 2.14. The van der Waals surface area contributed by atoms with Crippen molar-refractivity contribution in [2.45, 2.75) is 25.0 Å². The molecule has 6 heteroatoms. The minimum atomic E-state index is 0.0610. The number of nitrogens with two attached hydrogens (primary N) is 1. The van der Waals surface area contributed by atoms with Gasteiger partial charge in [0.15, 0.2) is 0 Å². The highest BCUT2D eigenvalue weighted by atomic mass is 35.5. The van der Waals surface area contributed by atoms with E-state index in [1.54, 1.807) is 6.07 Å². The number of rotatable bonds is 0. The molecule has 0 aliphatic carbocycles. The summed E-state index contributed by atoms with van der Waals surface area (Å²) in [6.07, 6.45) is 3.14. The lowest BCUT2D eigenvalue weighted by atomic mass is 10.2. The van der Waals surface area contributed by atoms with Gasteiger partial charge in [-0.05, 0) is 31.0 Å². The molecule has 0 unspecified atom stereocenters. The number of fused-ring (bicyclic) bond motifs is 1. The molecule has 0 aromatic heterocycles. The second kappa shape index (κ2) is 8.22. The van der Waals surface area contributed by atoms with Gasteiger partial charge in [0.25, 0.3) is 0 Å². The monoisotopic (exact) mass is 289 g/mol. The molecule has 3 rings (SSSR count). The van der Waals surface area contributed by atoms with E-state index in [2.05, 4.69) is 0 Å². The average molecular weight is 290 g/mol. The highest BCUT2D eigenvalue weighted by Crippen LogP contribution is 2.25. The van der Waals surface area contributed by atoms with Gasteiger partial charge in [0.05, 0.1) is 17.2 Å². The summed E-state index contributed by atoms with van der Waals surface area (Å²) in [6, 6.07) is 4.54. The molecule has 2 fully saturated rings. The average Bonchev–Trinajstić information content (AvgIpc) is 3.01. The first kappa shape index (κ1) is 16.0. The SMILES string of the molecule is C1C[C@H]2OCC[C@H]2O1.CO.Nc1ccc(O)c(Cl)c1. The Bertz CT molecular complexity index is 369. The molecule has 0 saturated carbocycles. The number of aromatic hydroxyl groups is 1. The number of aliphatic hydroxyl groups excluding tert-OH is 1. The van der Waals surface area contributed by atoms with Gasteiger partial charge >= 0.3 is 0 Å². The van der Waals surface area contributed by atoms with Crippen LogP contribution < -0.4 is 5.73 Å². The normalized spacial score (nSPS) is 23.7. The lowest BCUT2D eigenvalue weighted by Gasteiger charge is -2.03. The lowest BCUT2D eigenvalue weighted by Crippen LogP contribution is -2.13. The van der Waals surface area contributed by atoms with Crippen LogP contribution in [0.2, 0.25) is 5.02 Å². The van der Waals surface area contributed by atoms with Crippen molar-refractivity contribution in [3.8, 4) is 5.75 Å². The van der Waals surface area contributed by atoms with Gasteiger partial charge in [0, 0.05) is 26.0 Å². The Labute approximate surface area is 117 Å². The Balaban J connectivity index is 0.000000169. The molecule has 19 heavy (non-hydrogen) atoms. The van der Waals surface area contributed by atoms with Crippen molar-refractivity contribution < 1.29 is 19.7 Å². The maximum atomic E-state index is 8.86. The molecule has 108 valence electrons. The molecule has 2 atom stereocenters. The predicted octanol–water partition coefficient (Wildman–Crippen LogP) is 1.80. The molecule has 2 aliphatic rings. The maximum Gasteiger partial charge on any atom is 0.134 e. The van der Waals surface area contributed by atoms with Crippen LogP contribution in [-0.4, -0.2) is 42.7 Å². The number of anilines is 1. The molecule has 0 spiro atoms. The molecule has 5 nitrogen and oxygen atoms in total. The van der Waals surface area contributed by atoms with Gasteiger partial charge in [0.2, 0.25) is 0 Å². The van der Waals surface area contributed by atoms with E-state index in [0.717, 1.165) is 33.2 Å². The van der Waals surface area contributed by atoms with Crippen LogP contribution in [0.1, 0.15) is 12.8 Å². The van der Waals surface area contributed by atoms with Gasteiger partial charge in [-0.25, -0.2) is 0 Å². The fourth-order valence-electron chi connectivity index (χ4n) is 1.95. The number of hydrogen-bond donors (Lipinski definition) is 3. The van der Waals surface area contributed by atoms with E-state index in [9.17, 15) is 0 Å². The third-order valence-corrected chi connectivity index (χ3v) is 3.16. The van der Waals surface area contributed by atoms with E-state index in [4.69, 9.17) is 37.0 Å². The van der Waals surface area contributed by atoms with E-state index in [-0.39, 0.29) is 10.8 Å². The summed E-state index contributed by atoms with van der Waals surface area (Å²) >= 11 is 5.48. The first-order valence-electron chi connectivity index (χ1n) is 6.09. The van der Waals surface area contributed by atoms with Crippen molar-refractivity contribution in [1.82, 2.24) is 0 Å². The topological polar surface area (TPSA) is 84.9 Å². The number of halogens is 1. The van der Waals surface area contributed by atoms with Crippen molar-refractivity contribution in [2.75, 3.05) is 26.1 Å². The highest BCUT2D eigenvalue weighted by Gasteiger charge is 2.33. The molecular formula is C13H20ClNO4. The Morgan fingerprint density at radius 3 is 2.11 bits per heavy atom. The summed E-state index contributed by atoms with van der Waals surface area (Å²) in [7, 11) is 1.00. The van der Waals surface area contributed by atoms with E-state index < -0.39 is 0 Å². The van der Waals surface area contributed by atoms with E-state index in [1.807, 2.05) is 0 Å². The van der Waals surface area contributed by atoms with Crippen molar-refractivity contribution in [2.24, 2.45) is 0 Å². The van der Waals surface area contributed by atoms with Crippen molar-refractivity contribution in [1.29, 1.82) is 0 Å². The molecule has 0 bridgehead atoms. The number of phenols is 1. The van der Waals surface area contributed by atoms with Crippen molar-refractivity contribution >= 4 is 17.3 Å². The zero-order valence-corrected chi connectivity index (χ0v) is 11.6. The largest absolute Gasteiger partial charge is 0.506 e. The second-order valence-corrected chi connectivity index (χ2v) is 4.51. The number of benzene rings is 1. The van der Waals surface area contributed by atoms with Gasteiger partial charge in [-0.3, -0.25) is 0 Å². The molecule has 2 aliphatic heterocycles. The highest BCUT2D eigenvalue weighted by molar-refractivity contribution is 6.32. The Morgan fingerprint density at radius 1 is 1.16 bits per heavy atom. The minimum absolute atomic E-state index is 0.0610. The molecule has 2 saturated heterocycles. The fraction of sp³-hybridized carbons (Fsp3) is 0.538. The standard InChI is InChI=1S/C6H6ClNO.C6H10O2.CH4O/c7-5-3-4(8)1-2-6(5)9;1-3-7-6-2-4-8-5(1)6;1-2/h1-3,9H,8H2;5-6H,1-4H2;2H,1H3/t;5-,6-;/m.1./s1. The zero-order valence-electron chi connectivity index (χ0n) is 10.9. The number of hydrogen-bond acceptors (Lipinski definition) is 5. The first-order chi connectivity index (χ1) is 9.16. The summed E-state index contributed by atoms with van der Waals surface area (Å²) in [4.78, 5) is 0. The van der Waals surface area contributed by atoms with Gasteiger partial charge in [-0.15, -0.1) is 0 Å².